The Morgan fingerprint density at radius 2 is 2.10 bits per heavy atom. The zero-order valence-electron chi connectivity index (χ0n) is 15.9. The van der Waals surface area contributed by atoms with Gasteiger partial charge in [-0.25, -0.2) is 19.2 Å². The van der Waals surface area contributed by atoms with Gasteiger partial charge in [0.25, 0.3) is 0 Å². The molecular weight excluding hydrogens is 391 g/mol. The minimum absolute atomic E-state index is 0.0231. The van der Waals surface area contributed by atoms with Gasteiger partial charge in [0, 0.05) is 17.8 Å². The number of halogens is 1. The van der Waals surface area contributed by atoms with Crippen molar-refractivity contribution >= 4 is 11.8 Å². The van der Waals surface area contributed by atoms with Crippen LogP contribution in [0.2, 0.25) is 0 Å². The van der Waals surface area contributed by atoms with E-state index in [4.69, 9.17) is 15.0 Å². The summed E-state index contributed by atoms with van der Waals surface area (Å²) in [6.45, 7) is 2.06. The van der Waals surface area contributed by atoms with Crippen LogP contribution in [0.5, 0.6) is 0 Å². The number of esters is 1. The molecule has 0 atom stereocenters. The first kappa shape index (κ1) is 19.2. The second-order valence-corrected chi connectivity index (χ2v) is 6.26. The third-order valence-corrected chi connectivity index (χ3v) is 4.30. The van der Waals surface area contributed by atoms with Crippen LogP contribution in [0.15, 0.2) is 53.4 Å². The molecule has 1 aromatic carbocycles. The summed E-state index contributed by atoms with van der Waals surface area (Å²) in [5, 5.41) is 8.43. The van der Waals surface area contributed by atoms with Crippen molar-refractivity contribution in [3.05, 3.63) is 65.8 Å². The summed E-state index contributed by atoms with van der Waals surface area (Å²) in [6.07, 6.45) is 2.72. The number of anilines is 1. The topological polar surface area (TPSA) is 122 Å². The molecule has 152 valence electrons. The highest BCUT2D eigenvalue weighted by atomic mass is 19.1. The van der Waals surface area contributed by atoms with E-state index in [1.807, 2.05) is 0 Å². The fourth-order valence-corrected chi connectivity index (χ4v) is 2.87. The highest BCUT2D eigenvalue weighted by molar-refractivity contribution is 5.94. The zero-order valence-corrected chi connectivity index (χ0v) is 15.9. The van der Waals surface area contributed by atoms with E-state index in [1.54, 1.807) is 41.9 Å². The van der Waals surface area contributed by atoms with E-state index in [0.29, 0.717) is 22.6 Å². The van der Waals surface area contributed by atoms with Crippen molar-refractivity contribution in [2.24, 2.45) is 0 Å². The van der Waals surface area contributed by atoms with Crippen molar-refractivity contribution in [2.75, 3.05) is 12.3 Å². The van der Waals surface area contributed by atoms with E-state index < -0.39 is 5.97 Å². The minimum atomic E-state index is -0.602. The van der Waals surface area contributed by atoms with Gasteiger partial charge in [0.1, 0.15) is 34.8 Å². The van der Waals surface area contributed by atoms with Crippen molar-refractivity contribution < 1.29 is 18.4 Å². The van der Waals surface area contributed by atoms with Crippen LogP contribution in [0, 0.1) is 5.82 Å². The number of aromatic nitrogens is 5. The Hall–Kier alpha value is -4.08. The van der Waals surface area contributed by atoms with E-state index in [1.165, 1.54) is 18.5 Å². The van der Waals surface area contributed by atoms with Crippen molar-refractivity contribution in [3.63, 3.8) is 0 Å². The van der Waals surface area contributed by atoms with Gasteiger partial charge in [0.2, 0.25) is 0 Å². The van der Waals surface area contributed by atoms with Crippen LogP contribution in [0.25, 0.3) is 22.9 Å². The molecule has 3 heterocycles. The third kappa shape index (κ3) is 3.75. The maximum Gasteiger partial charge on any atom is 0.343 e. The first-order valence-electron chi connectivity index (χ1n) is 9.08. The molecule has 0 bridgehead atoms. The Balaban J connectivity index is 1.74. The Morgan fingerprint density at radius 3 is 2.80 bits per heavy atom. The normalized spacial score (nSPS) is 10.9. The van der Waals surface area contributed by atoms with E-state index in [-0.39, 0.29) is 36.2 Å². The predicted molar refractivity (Wildman–Crippen MR) is 105 cm³/mol. The number of nitrogens with zero attached hydrogens (tertiary/aromatic N) is 5. The smallest absolute Gasteiger partial charge is 0.343 e. The number of benzene rings is 1. The first-order chi connectivity index (χ1) is 14.6. The number of rotatable bonds is 6. The number of carbonyl (C=O) groups is 1. The largest absolute Gasteiger partial charge is 0.462 e. The summed E-state index contributed by atoms with van der Waals surface area (Å²) in [5.74, 6) is -0.766. The SMILES string of the molecule is CCOC(=O)c1cnc(-c2cc(-c3ccon3)n(Cc3ccccc3F)n2)nc1N. The summed E-state index contributed by atoms with van der Waals surface area (Å²) in [4.78, 5) is 20.3. The molecule has 0 amide bonds. The van der Waals surface area contributed by atoms with E-state index in [0.717, 1.165) is 0 Å². The third-order valence-electron chi connectivity index (χ3n) is 4.30. The minimum Gasteiger partial charge on any atom is -0.462 e. The van der Waals surface area contributed by atoms with Gasteiger partial charge >= 0.3 is 5.97 Å². The molecule has 9 nitrogen and oxygen atoms in total. The average Bonchev–Trinajstić information content (AvgIpc) is 3.39. The summed E-state index contributed by atoms with van der Waals surface area (Å²) in [5.41, 5.74) is 7.91. The molecule has 0 radical (unpaired) electrons. The second-order valence-electron chi connectivity index (χ2n) is 6.26. The maximum absolute atomic E-state index is 14.2. The zero-order chi connectivity index (χ0) is 21.1. The lowest BCUT2D eigenvalue weighted by Crippen LogP contribution is -2.11. The van der Waals surface area contributed by atoms with Gasteiger partial charge in [-0.1, -0.05) is 23.4 Å². The van der Waals surface area contributed by atoms with Crippen molar-refractivity contribution in [1.29, 1.82) is 0 Å². The number of hydrogen-bond acceptors (Lipinski definition) is 8. The summed E-state index contributed by atoms with van der Waals surface area (Å²) >= 11 is 0. The monoisotopic (exact) mass is 408 g/mol. The van der Waals surface area contributed by atoms with Crippen LogP contribution < -0.4 is 5.73 Å². The molecule has 0 aliphatic rings. The highest BCUT2D eigenvalue weighted by Crippen LogP contribution is 2.25. The predicted octanol–water partition coefficient (Wildman–Crippen LogP) is 2.94. The number of hydrogen-bond donors (Lipinski definition) is 1. The fourth-order valence-electron chi connectivity index (χ4n) is 2.87. The standard InChI is InChI=1S/C20H17FN6O3/c1-2-29-20(28)13-10-23-19(24-18(13)22)16-9-17(15-7-8-30-26-15)27(25-16)11-12-5-3-4-6-14(12)21/h3-10H,2,11H2,1H3,(H2,22,23,24). The number of carbonyl (C=O) groups excluding carboxylic acids is 1. The lowest BCUT2D eigenvalue weighted by molar-refractivity contribution is 0.0527. The fraction of sp³-hybridized carbons (Fsp3) is 0.150. The first-order valence-corrected chi connectivity index (χ1v) is 9.08. The van der Waals surface area contributed by atoms with Crippen LogP contribution in [0.4, 0.5) is 10.2 Å². The highest BCUT2D eigenvalue weighted by Gasteiger charge is 2.19. The van der Waals surface area contributed by atoms with E-state index in [9.17, 15) is 9.18 Å². The number of nitrogens with two attached hydrogens (primary N) is 1. The molecule has 0 unspecified atom stereocenters. The average molecular weight is 408 g/mol. The molecule has 2 N–H and O–H groups in total. The Labute approximate surface area is 170 Å². The van der Waals surface area contributed by atoms with Crippen molar-refractivity contribution in [1.82, 2.24) is 24.9 Å². The Morgan fingerprint density at radius 1 is 1.27 bits per heavy atom. The van der Waals surface area contributed by atoms with Gasteiger partial charge in [-0.3, -0.25) is 4.68 Å². The molecule has 3 aromatic heterocycles. The van der Waals surface area contributed by atoms with Gasteiger partial charge < -0.3 is 15.0 Å². The lowest BCUT2D eigenvalue weighted by atomic mass is 10.2. The quantitative estimate of drug-likeness (QED) is 0.483. The summed E-state index contributed by atoms with van der Waals surface area (Å²) < 4.78 is 25.6. The molecule has 0 aliphatic carbocycles. The Bertz CT molecular complexity index is 1190. The van der Waals surface area contributed by atoms with Gasteiger partial charge in [0.05, 0.1) is 18.8 Å². The van der Waals surface area contributed by atoms with Gasteiger partial charge in [-0.15, -0.1) is 0 Å². The Kier molecular flexibility index (Phi) is 5.21. The van der Waals surface area contributed by atoms with E-state index >= 15 is 0 Å². The molecule has 4 rings (SSSR count). The van der Waals surface area contributed by atoms with Crippen molar-refractivity contribution in [2.45, 2.75) is 13.5 Å². The molecule has 30 heavy (non-hydrogen) atoms. The summed E-state index contributed by atoms with van der Waals surface area (Å²) in [7, 11) is 0. The molecule has 0 saturated heterocycles. The van der Waals surface area contributed by atoms with Gasteiger partial charge in [-0.05, 0) is 19.1 Å². The van der Waals surface area contributed by atoms with Gasteiger partial charge in [0.15, 0.2) is 5.82 Å². The number of nitrogen functional groups attached to an aromatic ring is 1. The molecule has 0 aliphatic heterocycles. The molecule has 10 heteroatoms. The molecule has 0 saturated carbocycles. The second kappa shape index (κ2) is 8.11. The van der Waals surface area contributed by atoms with Crippen LogP contribution in [0.1, 0.15) is 22.8 Å². The molecule has 4 aromatic rings. The van der Waals surface area contributed by atoms with Crippen LogP contribution in [-0.2, 0) is 11.3 Å². The van der Waals surface area contributed by atoms with Crippen LogP contribution >= 0.6 is 0 Å². The summed E-state index contributed by atoms with van der Waals surface area (Å²) in [6, 6.07) is 9.78. The van der Waals surface area contributed by atoms with Crippen LogP contribution in [-0.4, -0.2) is 37.5 Å². The molecular formula is C20H17FN6O3. The maximum atomic E-state index is 14.2. The van der Waals surface area contributed by atoms with E-state index in [2.05, 4.69) is 20.2 Å². The lowest BCUT2D eigenvalue weighted by Gasteiger charge is -2.06. The van der Waals surface area contributed by atoms with Crippen molar-refractivity contribution in [3.8, 4) is 22.9 Å². The molecule has 0 fully saturated rings. The van der Waals surface area contributed by atoms with Gasteiger partial charge in [-0.2, -0.15) is 5.10 Å². The number of ether oxygens (including phenoxy) is 1. The molecule has 0 spiro atoms. The van der Waals surface area contributed by atoms with Crippen LogP contribution in [0.3, 0.4) is 0 Å².